The van der Waals surface area contributed by atoms with Crippen molar-refractivity contribution in [2.24, 2.45) is 23.2 Å². The summed E-state index contributed by atoms with van der Waals surface area (Å²) in [6.45, 7) is 12.6. The number of ether oxygens (including phenoxy) is 2. The number of carbonyl (C=O) groups is 1. The van der Waals surface area contributed by atoms with Crippen molar-refractivity contribution in [1.82, 2.24) is 9.80 Å². The highest BCUT2D eigenvalue weighted by atomic mass is 16.5. The summed E-state index contributed by atoms with van der Waals surface area (Å²) in [5.74, 6) is 2.30. The first-order chi connectivity index (χ1) is 13.0. The molecule has 0 aliphatic carbocycles. The quantitative estimate of drug-likeness (QED) is 0.738. The Morgan fingerprint density at radius 3 is 2.70 bits per heavy atom. The Hall–Kier alpha value is -0.650. The number of hydrogen-bond acceptors (Lipinski definition) is 4. The van der Waals surface area contributed by atoms with Crippen molar-refractivity contribution in [3.05, 3.63) is 0 Å². The summed E-state index contributed by atoms with van der Waals surface area (Å²) in [5, 5.41) is 0. The van der Waals surface area contributed by atoms with Crippen molar-refractivity contribution in [1.29, 1.82) is 0 Å². The predicted molar refractivity (Wildman–Crippen MR) is 106 cm³/mol. The van der Waals surface area contributed by atoms with Crippen LogP contribution in [0.2, 0.25) is 0 Å². The molecule has 1 amide bonds. The Morgan fingerprint density at radius 2 is 2.00 bits per heavy atom. The number of hydrogen-bond donors (Lipinski definition) is 0. The number of amides is 1. The molecule has 3 atom stereocenters. The van der Waals surface area contributed by atoms with Crippen LogP contribution in [-0.2, 0) is 14.3 Å². The van der Waals surface area contributed by atoms with E-state index in [9.17, 15) is 4.79 Å². The van der Waals surface area contributed by atoms with Crippen molar-refractivity contribution < 1.29 is 14.3 Å². The Balaban J connectivity index is 1.23. The van der Waals surface area contributed by atoms with Gasteiger partial charge in [0.2, 0.25) is 5.91 Å². The Bertz CT molecular complexity index is 508. The van der Waals surface area contributed by atoms with Crippen molar-refractivity contribution >= 4 is 5.91 Å². The molecular formula is C22H38N2O3. The molecule has 4 heterocycles. The van der Waals surface area contributed by atoms with Crippen molar-refractivity contribution in [2.45, 2.75) is 58.5 Å². The average Bonchev–Trinajstić information content (AvgIpc) is 3.28. The van der Waals surface area contributed by atoms with Crippen LogP contribution in [0.1, 0.15) is 52.4 Å². The molecule has 0 bridgehead atoms. The number of nitrogens with zero attached hydrogens (tertiary/aromatic N) is 2. The highest BCUT2D eigenvalue weighted by Gasteiger charge is 2.43. The van der Waals surface area contributed by atoms with Gasteiger partial charge >= 0.3 is 0 Å². The van der Waals surface area contributed by atoms with E-state index in [0.717, 1.165) is 58.2 Å². The molecule has 0 saturated carbocycles. The molecule has 0 N–H and O–H groups in total. The summed E-state index contributed by atoms with van der Waals surface area (Å²) < 4.78 is 11.7. The largest absolute Gasteiger partial charge is 0.381 e. The Labute approximate surface area is 164 Å². The molecule has 0 aromatic rings. The van der Waals surface area contributed by atoms with Crippen LogP contribution in [0.3, 0.4) is 0 Å². The van der Waals surface area contributed by atoms with Gasteiger partial charge in [-0.25, -0.2) is 0 Å². The standard InChI is InChI=1S/C22H38N2O3/c1-17(2)3-8-23-9-4-19-18(14-23)15-27-20(19)13-21(25)24-10-5-22(6-11-24)7-12-26-16-22/h17-20H,3-16H2,1-2H3/t18-,19-,20+/m1/s1. The molecule has 4 saturated heterocycles. The van der Waals surface area contributed by atoms with Crippen LogP contribution in [0.15, 0.2) is 0 Å². The van der Waals surface area contributed by atoms with Gasteiger partial charge in [-0.15, -0.1) is 0 Å². The maximum absolute atomic E-state index is 12.9. The maximum Gasteiger partial charge on any atom is 0.225 e. The zero-order valence-electron chi connectivity index (χ0n) is 17.3. The highest BCUT2D eigenvalue weighted by Crippen LogP contribution is 2.40. The van der Waals surface area contributed by atoms with Gasteiger partial charge in [-0.05, 0) is 62.4 Å². The SMILES string of the molecule is CC(C)CCN1CC[C@@H]2[C@@H](CO[C@H]2CC(=O)N2CCC3(CCOC3)CC2)C1. The lowest BCUT2D eigenvalue weighted by Gasteiger charge is -2.39. The normalized spacial score (nSPS) is 33.7. The lowest BCUT2D eigenvalue weighted by Crippen LogP contribution is -2.46. The lowest BCUT2D eigenvalue weighted by atomic mass is 9.78. The van der Waals surface area contributed by atoms with Gasteiger partial charge in [0.15, 0.2) is 0 Å². The molecule has 5 nitrogen and oxygen atoms in total. The van der Waals surface area contributed by atoms with Gasteiger partial charge in [0.1, 0.15) is 0 Å². The van der Waals surface area contributed by atoms with E-state index in [0.29, 0.717) is 29.6 Å². The molecule has 4 aliphatic rings. The molecule has 0 aromatic heterocycles. The van der Waals surface area contributed by atoms with E-state index in [1.807, 2.05) is 0 Å². The maximum atomic E-state index is 12.9. The van der Waals surface area contributed by atoms with Crippen molar-refractivity contribution in [3.63, 3.8) is 0 Å². The molecule has 1 spiro atoms. The third-order valence-corrected chi connectivity index (χ3v) is 7.64. The minimum Gasteiger partial charge on any atom is -0.381 e. The van der Waals surface area contributed by atoms with Crippen LogP contribution in [0, 0.1) is 23.2 Å². The minimum absolute atomic E-state index is 0.153. The van der Waals surface area contributed by atoms with Crippen LogP contribution < -0.4 is 0 Å². The molecular weight excluding hydrogens is 340 g/mol. The first-order valence-electron chi connectivity index (χ1n) is 11.2. The van der Waals surface area contributed by atoms with Crippen LogP contribution in [0.25, 0.3) is 0 Å². The van der Waals surface area contributed by atoms with E-state index in [-0.39, 0.29) is 6.10 Å². The fourth-order valence-electron chi connectivity index (χ4n) is 5.59. The first kappa shape index (κ1) is 19.7. The lowest BCUT2D eigenvalue weighted by molar-refractivity contribution is -0.136. The summed E-state index contributed by atoms with van der Waals surface area (Å²) in [7, 11) is 0. The van der Waals surface area contributed by atoms with Crippen molar-refractivity contribution in [2.75, 3.05) is 52.5 Å². The molecule has 0 aromatic carbocycles. The molecule has 27 heavy (non-hydrogen) atoms. The third kappa shape index (κ3) is 4.51. The zero-order chi connectivity index (χ0) is 18.9. The summed E-state index contributed by atoms with van der Waals surface area (Å²) in [6, 6.07) is 0. The van der Waals surface area contributed by atoms with Gasteiger partial charge in [0.25, 0.3) is 0 Å². The Morgan fingerprint density at radius 1 is 1.19 bits per heavy atom. The number of rotatable bonds is 5. The highest BCUT2D eigenvalue weighted by molar-refractivity contribution is 5.77. The van der Waals surface area contributed by atoms with E-state index < -0.39 is 0 Å². The minimum atomic E-state index is 0.153. The molecule has 4 fully saturated rings. The third-order valence-electron chi connectivity index (χ3n) is 7.64. The van der Waals surface area contributed by atoms with E-state index in [4.69, 9.17) is 9.47 Å². The zero-order valence-corrected chi connectivity index (χ0v) is 17.3. The van der Waals surface area contributed by atoms with Crippen LogP contribution >= 0.6 is 0 Å². The molecule has 154 valence electrons. The van der Waals surface area contributed by atoms with Gasteiger partial charge in [0.05, 0.1) is 25.7 Å². The topological polar surface area (TPSA) is 42.0 Å². The molecule has 0 unspecified atom stereocenters. The van der Waals surface area contributed by atoms with Gasteiger partial charge in [-0.3, -0.25) is 4.79 Å². The van der Waals surface area contributed by atoms with Crippen LogP contribution in [-0.4, -0.2) is 74.4 Å². The van der Waals surface area contributed by atoms with Gasteiger partial charge in [-0.1, -0.05) is 13.8 Å². The second-order valence-corrected chi connectivity index (χ2v) is 9.96. The fourth-order valence-corrected chi connectivity index (χ4v) is 5.59. The van der Waals surface area contributed by atoms with Crippen LogP contribution in [0.5, 0.6) is 0 Å². The van der Waals surface area contributed by atoms with Crippen LogP contribution in [0.4, 0.5) is 0 Å². The Kier molecular flexibility index (Phi) is 6.10. The first-order valence-corrected chi connectivity index (χ1v) is 11.2. The number of likely N-dealkylation sites (tertiary alicyclic amines) is 2. The summed E-state index contributed by atoms with van der Waals surface area (Å²) in [5.41, 5.74) is 0.370. The van der Waals surface area contributed by atoms with Crippen molar-refractivity contribution in [3.8, 4) is 0 Å². The van der Waals surface area contributed by atoms with Gasteiger partial charge in [-0.2, -0.15) is 0 Å². The average molecular weight is 379 g/mol. The smallest absolute Gasteiger partial charge is 0.225 e. The number of carbonyl (C=O) groups excluding carboxylic acids is 1. The molecule has 0 radical (unpaired) electrons. The van der Waals surface area contributed by atoms with Gasteiger partial charge < -0.3 is 19.3 Å². The second-order valence-electron chi connectivity index (χ2n) is 9.96. The van der Waals surface area contributed by atoms with Gasteiger partial charge in [0, 0.05) is 32.2 Å². The van der Waals surface area contributed by atoms with E-state index in [2.05, 4.69) is 23.6 Å². The van der Waals surface area contributed by atoms with E-state index in [1.165, 1.54) is 32.4 Å². The fraction of sp³-hybridized carbons (Fsp3) is 0.955. The summed E-state index contributed by atoms with van der Waals surface area (Å²) >= 11 is 0. The summed E-state index contributed by atoms with van der Waals surface area (Å²) in [6.07, 6.45) is 6.62. The molecule has 4 aliphatic heterocycles. The monoisotopic (exact) mass is 378 g/mol. The number of fused-ring (bicyclic) bond motifs is 1. The van der Waals surface area contributed by atoms with E-state index >= 15 is 0 Å². The molecule has 5 heteroatoms. The summed E-state index contributed by atoms with van der Waals surface area (Å²) in [4.78, 5) is 17.6. The molecule has 4 rings (SSSR count). The van der Waals surface area contributed by atoms with E-state index in [1.54, 1.807) is 0 Å². The number of piperidine rings is 2. The second kappa shape index (κ2) is 8.38. The predicted octanol–water partition coefficient (Wildman–Crippen LogP) is 2.79.